The molecule has 1 amide bonds. The quantitative estimate of drug-likeness (QED) is 0.794. The Morgan fingerprint density at radius 3 is 2.68 bits per heavy atom. The topological polar surface area (TPSA) is 41.6 Å². The van der Waals surface area contributed by atoms with Crippen LogP contribution >= 0.6 is 0 Å². The Hall–Kier alpha value is -0.870. The fourth-order valence-corrected chi connectivity index (χ4v) is 4.29. The molecule has 0 radical (unpaired) electrons. The van der Waals surface area contributed by atoms with E-state index in [2.05, 4.69) is 22.4 Å². The number of carbonyl (C=O) groups excluding carboxylic acids is 1. The zero-order valence-corrected chi connectivity index (χ0v) is 13.7. The van der Waals surface area contributed by atoms with E-state index < -0.39 is 0 Å². The van der Waals surface area contributed by atoms with Gasteiger partial charge < -0.3 is 10.1 Å². The van der Waals surface area contributed by atoms with Crippen molar-refractivity contribution in [3.05, 3.63) is 12.2 Å². The molecule has 1 atom stereocenters. The van der Waals surface area contributed by atoms with Gasteiger partial charge in [-0.2, -0.15) is 0 Å². The van der Waals surface area contributed by atoms with Crippen LogP contribution in [0.2, 0.25) is 0 Å². The molecule has 2 aliphatic carbocycles. The van der Waals surface area contributed by atoms with E-state index in [0.717, 1.165) is 45.7 Å². The summed E-state index contributed by atoms with van der Waals surface area (Å²) in [5.41, 5.74) is 0.184. The molecule has 1 saturated heterocycles. The minimum absolute atomic E-state index is 0.184. The normalized spacial score (nSPS) is 28.6. The number of hydrogen-bond donors (Lipinski definition) is 1. The number of hydrogen-bond acceptors (Lipinski definition) is 3. The number of nitrogens with one attached hydrogen (secondary N) is 1. The summed E-state index contributed by atoms with van der Waals surface area (Å²) in [7, 11) is 0. The van der Waals surface area contributed by atoms with Crippen molar-refractivity contribution in [2.75, 3.05) is 32.8 Å². The lowest BCUT2D eigenvalue weighted by molar-refractivity contribution is -0.123. The van der Waals surface area contributed by atoms with Crippen LogP contribution in [-0.4, -0.2) is 49.2 Å². The highest BCUT2D eigenvalue weighted by Gasteiger charge is 2.38. The Balaban J connectivity index is 1.55. The molecule has 4 heteroatoms. The first kappa shape index (κ1) is 16.0. The Morgan fingerprint density at radius 2 is 2.00 bits per heavy atom. The summed E-state index contributed by atoms with van der Waals surface area (Å²) in [5, 5.41) is 3.26. The monoisotopic (exact) mass is 306 g/mol. The van der Waals surface area contributed by atoms with Crippen molar-refractivity contribution in [3.63, 3.8) is 0 Å². The molecule has 1 saturated carbocycles. The van der Waals surface area contributed by atoms with Crippen LogP contribution in [0.1, 0.15) is 51.4 Å². The fraction of sp³-hybridized carbons (Fsp3) is 0.833. The molecule has 22 heavy (non-hydrogen) atoms. The standard InChI is InChI=1S/C18H30N2O2/c21-17(14-16-6-2-3-7-16)19-15-18(8-4-1-5-9-18)20-10-12-22-13-11-20/h2,6,16H,1,3-5,7-15H2,(H,19,21). The summed E-state index contributed by atoms with van der Waals surface area (Å²) in [6.07, 6.45) is 13.7. The third-order valence-electron chi connectivity index (χ3n) is 5.64. The molecule has 1 unspecified atom stereocenters. The van der Waals surface area contributed by atoms with Gasteiger partial charge in [0.05, 0.1) is 13.2 Å². The largest absolute Gasteiger partial charge is 0.379 e. The van der Waals surface area contributed by atoms with Gasteiger partial charge in [0, 0.05) is 31.6 Å². The first-order valence-corrected chi connectivity index (χ1v) is 9.05. The van der Waals surface area contributed by atoms with Crippen molar-refractivity contribution in [1.82, 2.24) is 10.2 Å². The third kappa shape index (κ3) is 3.90. The maximum absolute atomic E-state index is 12.3. The highest BCUT2D eigenvalue weighted by molar-refractivity contribution is 5.76. The van der Waals surface area contributed by atoms with Crippen molar-refractivity contribution >= 4 is 5.91 Å². The molecule has 0 aromatic rings. The minimum atomic E-state index is 0.184. The average Bonchev–Trinajstić information content (AvgIpc) is 3.08. The van der Waals surface area contributed by atoms with Gasteiger partial charge in [-0.25, -0.2) is 0 Å². The molecule has 1 heterocycles. The van der Waals surface area contributed by atoms with Crippen LogP contribution in [0.15, 0.2) is 12.2 Å². The van der Waals surface area contributed by atoms with Gasteiger partial charge in [0.1, 0.15) is 0 Å². The van der Waals surface area contributed by atoms with Crippen LogP contribution < -0.4 is 5.32 Å². The van der Waals surface area contributed by atoms with E-state index in [1.807, 2.05) is 0 Å². The third-order valence-corrected chi connectivity index (χ3v) is 5.64. The summed E-state index contributed by atoms with van der Waals surface area (Å²) in [6, 6.07) is 0. The van der Waals surface area contributed by atoms with E-state index in [1.54, 1.807) is 0 Å². The van der Waals surface area contributed by atoms with Gasteiger partial charge >= 0.3 is 0 Å². The van der Waals surface area contributed by atoms with Crippen molar-refractivity contribution in [2.45, 2.75) is 56.9 Å². The molecule has 3 rings (SSSR count). The maximum atomic E-state index is 12.3. The number of ether oxygens (including phenoxy) is 1. The van der Waals surface area contributed by atoms with Crippen LogP contribution in [-0.2, 0) is 9.53 Å². The molecule has 4 nitrogen and oxygen atoms in total. The first-order valence-electron chi connectivity index (χ1n) is 9.05. The minimum Gasteiger partial charge on any atom is -0.379 e. The van der Waals surface area contributed by atoms with Gasteiger partial charge in [-0.1, -0.05) is 31.4 Å². The van der Waals surface area contributed by atoms with Crippen LogP contribution in [0.25, 0.3) is 0 Å². The lowest BCUT2D eigenvalue weighted by Crippen LogP contribution is -2.59. The Morgan fingerprint density at radius 1 is 1.23 bits per heavy atom. The summed E-state index contributed by atoms with van der Waals surface area (Å²) >= 11 is 0. The molecule has 1 aliphatic heterocycles. The predicted molar refractivity (Wildman–Crippen MR) is 87.7 cm³/mol. The van der Waals surface area contributed by atoms with Crippen molar-refractivity contribution in [1.29, 1.82) is 0 Å². The van der Waals surface area contributed by atoms with Gasteiger partial charge in [-0.3, -0.25) is 9.69 Å². The summed E-state index contributed by atoms with van der Waals surface area (Å²) in [4.78, 5) is 14.9. The molecule has 0 spiro atoms. The average molecular weight is 306 g/mol. The van der Waals surface area contributed by atoms with Crippen LogP contribution in [0.3, 0.4) is 0 Å². The van der Waals surface area contributed by atoms with E-state index >= 15 is 0 Å². The van der Waals surface area contributed by atoms with E-state index in [1.165, 1.54) is 32.1 Å². The Kier molecular flexibility index (Phi) is 5.53. The molecule has 0 aromatic heterocycles. The zero-order chi connectivity index (χ0) is 15.3. The molecule has 0 aromatic carbocycles. The van der Waals surface area contributed by atoms with Crippen molar-refractivity contribution < 1.29 is 9.53 Å². The zero-order valence-electron chi connectivity index (χ0n) is 13.7. The summed E-state index contributed by atoms with van der Waals surface area (Å²) in [6.45, 7) is 4.52. The summed E-state index contributed by atoms with van der Waals surface area (Å²) < 4.78 is 5.51. The number of carbonyl (C=O) groups is 1. The fourth-order valence-electron chi connectivity index (χ4n) is 4.29. The molecule has 1 N–H and O–H groups in total. The molecular formula is C18H30N2O2. The summed E-state index contributed by atoms with van der Waals surface area (Å²) in [5.74, 6) is 0.695. The molecular weight excluding hydrogens is 276 g/mol. The number of amides is 1. The lowest BCUT2D eigenvalue weighted by atomic mass is 9.79. The second-order valence-electron chi connectivity index (χ2n) is 7.13. The number of morpholine rings is 1. The number of nitrogens with zero attached hydrogens (tertiary/aromatic N) is 1. The first-order chi connectivity index (χ1) is 10.8. The second-order valence-corrected chi connectivity index (χ2v) is 7.13. The van der Waals surface area contributed by atoms with Crippen molar-refractivity contribution in [3.8, 4) is 0 Å². The molecule has 2 fully saturated rings. The van der Waals surface area contributed by atoms with Gasteiger partial charge in [-0.05, 0) is 31.6 Å². The Labute approximate surface area is 134 Å². The molecule has 0 bridgehead atoms. The lowest BCUT2D eigenvalue weighted by Gasteiger charge is -2.48. The highest BCUT2D eigenvalue weighted by Crippen LogP contribution is 2.34. The second kappa shape index (κ2) is 7.60. The van der Waals surface area contributed by atoms with Gasteiger partial charge in [0.25, 0.3) is 0 Å². The molecule has 124 valence electrons. The van der Waals surface area contributed by atoms with Crippen LogP contribution in [0, 0.1) is 5.92 Å². The number of rotatable bonds is 5. The van der Waals surface area contributed by atoms with Gasteiger partial charge in [0.15, 0.2) is 0 Å². The van der Waals surface area contributed by atoms with Gasteiger partial charge in [-0.15, -0.1) is 0 Å². The number of allylic oxidation sites excluding steroid dienone is 2. The van der Waals surface area contributed by atoms with Gasteiger partial charge in [0.2, 0.25) is 5.91 Å². The Bertz CT molecular complexity index is 396. The van der Waals surface area contributed by atoms with E-state index in [4.69, 9.17) is 4.74 Å². The van der Waals surface area contributed by atoms with Crippen LogP contribution in [0.5, 0.6) is 0 Å². The van der Waals surface area contributed by atoms with E-state index in [9.17, 15) is 4.79 Å². The van der Waals surface area contributed by atoms with E-state index in [-0.39, 0.29) is 11.4 Å². The smallest absolute Gasteiger partial charge is 0.220 e. The SMILES string of the molecule is O=C(CC1C=CCC1)NCC1(N2CCOCC2)CCCCC1. The van der Waals surface area contributed by atoms with Crippen molar-refractivity contribution in [2.24, 2.45) is 5.92 Å². The predicted octanol–water partition coefficient (Wildman–Crippen LogP) is 2.49. The highest BCUT2D eigenvalue weighted by atomic mass is 16.5. The van der Waals surface area contributed by atoms with E-state index in [0.29, 0.717) is 12.3 Å². The van der Waals surface area contributed by atoms with Crippen LogP contribution in [0.4, 0.5) is 0 Å². The maximum Gasteiger partial charge on any atom is 0.220 e. The molecule has 3 aliphatic rings.